The predicted octanol–water partition coefficient (Wildman–Crippen LogP) is 3.43. The zero-order valence-corrected chi connectivity index (χ0v) is 11.3. The molecule has 1 heterocycles. The lowest BCUT2D eigenvalue weighted by atomic mass is 10.1. The Morgan fingerprint density at radius 3 is 2.71 bits per heavy atom. The topological polar surface area (TPSA) is 72.3 Å². The minimum absolute atomic E-state index is 0.234. The Morgan fingerprint density at radius 1 is 1.14 bits per heavy atom. The van der Waals surface area contributed by atoms with Gasteiger partial charge in [0, 0.05) is 5.39 Å². The van der Waals surface area contributed by atoms with Crippen molar-refractivity contribution in [3.63, 3.8) is 0 Å². The Hall–Kier alpha value is -2.95. The first-order chi connectivity index (χ1) is 10.1. The Morgan fingerprint density at radius 2 is 1.95 bits per heavy atom. The average Bonchev–Trinajstić information content (AvgIpc) is 2.49. The molecular formula is C16H12N2O3. The van der Waals surface area contributed by atoms with Gasteiger partial charge in [-0.2, -0.15) is 10.2 Å². The minimum Gasteiger partial charge on any atom is -0.478 e. The molecule has 0 amide bonds. The van der Waals surface area contributed by atoms with Crippen LogP contribution in [-0.4, -0.2) is 21.3 Å². The van der Waals surface area contributed by atoms with Gasteiger partial charge in [-0.05, 0) is 42.8 Å². The van der Waals surface area contributed by atoms with Crippen LogP contribution >= 0.6 is 0 Å². The van der Waals surface area contributed by atoms with Crippen molar-refractivity contribution < 1.29 is 14.6 Å². The number of hydrogen-bond donors (Lipinski definition) is 1. The number of aromatic carboxylic acids is 1. The van der Waals surface area contributed by atoms with E-state index in [1.807, 2.05) is 24.3 Å². The van der Waals surface area contributed by atoms with Gasteiger partial charge in [0.05, 0.1) is 17.3 Å². The largest absolute Gasteiger partial charge is 0.478 e. The maximum Gasteiger partial charge on any atom is 0.335 e. The van der Waals surface area contributed by atoms with Gasteiger partial charge in [-0.1, -0.05) is 12.1 Å². The highest BCUT2D eigenvalue weighted by Crippen LogP contribution is 2.30. The molecule has 0 atom stereocenters. The molecule has 0 fully saturated rings. The van der Waals surface area contributed by atoms with Crippen LogP contribution in [0, 0.1) is 6.92 Å². The molecule has 0 saturated heterocycles. The number of aryl methyl sites for hydroxylation is 1. The molecule has 3 aromatic rings. The summed E-state index contributed by atoms with van der Waals surface area (Å²) < 4.78 is 5.86. The standard InChI is InChI=1S/C16H12N2O3/c1-10-8-11(16(19)20)6-7-14(10)21-15-9-17-18-13-5-3-2-4-12(13)15/h2-9H,1H3,(H,19,20). The van der Waals surface area contributed by atoms with Crippen LogP contribution in [0.1, 0.15) is 15.9 Å². The molecule has 1 aromatic heterocycles. The van der Waals surface area contributed by atoms with Gasteiger partial charge < -0.3 is 9.84 Å². The van der Waals surface area contributed by atoms with Gasteiger partial charge >= 0.3 is 5.97 Å². The van der Waals surface area contributed by atoms with Crippen LogP contribution < -0.4 is 4.74 Å². The van der Waals surface area contributed by atoms with Gasteiger partial charge in [0.2, 0.25) is 0 Å². The third-order valence-corrected chi connectivity index (χ3v) is 3.15. The Labute approximate surface area is 120 Å². The number of ether oxygens (including phenoxy) is 1. The Balaban J connectivity index is 2.01. The van der Waals surface area contributed by atoms with Gasteiger partial charge in [0.25, 0.3) is 0 Å². The molecule has 21 heavy (non-hydrogen) atoms. The van der Waals surface area contributed by atoms with Crippen molar-refractivity contribution in [1.29, 1.82) is 0 Å². The van der Waals surface area contributed by atoms with Crippen molar-refractivity contribution in [2.45, 2.75) is 6.92 Å². The molecule has 0 spiro atoms. The lowest BCUT2D eigenvalue weighted by molar-refractivity contribution is 0.0697. The first-order valence-corrected chi connectivity index (χ1v) is 6.37. The summed E-state index contributed by atoms with van der Waals surface area (Å²) in [6.07, 6.45) is 1.55. The number of carboxylic acid groups (broad SMARTS) is 1. The number of carbonyl (C=O) groups is 1. The van der Waals surface area contributed by atoms with Crippen molar-refractivity contribution >= 4 is 16.9 Å². The van der Waals surface area contributed by atoms with E-state index in [1.54, 1.807) is 25.3 Å². The van der Waals surface area contributed by atoms with Gasteiger partial charge in [-0.25, -0.2) is 4.79 Å². The second-order valence-electron chi connectivity index (χ2n) is 4.61. The fraction of sp³-hybridized carbons (Fsp3) is 0.0625. The summed E-state index contributed by atoms with van der Waals surface area (Å²) in [4.78, 5) is 10.9. The number of benzene rings is 2. The van der Waals surface area contributed by atoms with Crippen molar-refractivity contribution in [1.82, 2.24) is 10.2 Å². The van der Waals surface area contributed by atoms with Crippen LogP contribution in [0.15, 0.2) is 48.7 Å². The average molecular weight is 280 g/mol. The van der Waals surface area contributed by atoms with Crippen LogP contribution in [0.4, 0.5) is 0 Å². The molecule has 3 rings (SSSR count). The summed E-state index contributed by atoms with van der Waals surface area (Å²) in [5.74, 6) is 0.227. The van der Waals surface area contributed by atoms with Crippen LogP contribution in [-0.2, 0) is 0 Å². The monoisotopic (exact) mass is 280 g/mol. The maximum absolute atomic E-state index is 10.9. The molecule has 5 heteroatoms. The van der Waals surface area contributed by atoms with E-state index in [2.05, 4.69) is 10.2 Å². The van der Waals surface area contributed by atoms with E-state index in [0.717, 1.165) is 16.5 Å². The number of nitrogens with zero attached hydrogens (tertiary/aromatic N) is 2. The van der Waals surface area contributed by atoms with Gasteiger partial charge in [0.15, 0.2) is 5.75 Å². The van der Waals surface area contributed by atoms with E-state index in [1.165, 1.54) is 6.07 Å². The number of rotatable bonds is 3. The first-order valence-electron chi connectivity index (χ1n) is 6.37. The van der Waals surface area contributed by atoms with E-state index in [-0.39, 0.29) is 5.56 Å². The summed E-state index contributed by atoms with van der Waals surface area (Å²) >= 11 is 0. The molecule has 5 nitrogen and oxygen atoms in total. The molecule has 0 aliphatic carbocycles. The second-order valence-corrected chi connectivity index (χ2v) is 4.61. The summed E-state index contributed by atoms with van der Waals surface area (Å²) in [6.45, 7) is 1.80. The van der Waals surface area contributed by atoms with Gasteiger partial charge in [-0.3, -0.25) is 0 Å². The molecule has 0 aliphatic heterocycles. The van der Waals surface area contributed by atoms with Crippen molar-refractivity contribution in [2.75, 3.05) is 0 Å². The van der Waals surface area contributed by atoms with Crippen LogP contribution in [0.5, 0.6) is 11.5 Å². The van der Waals surface area contributed by atoms with E-state index in [4.69, 9.17) is 9.84 Å². The quantitative estimate of drug-likeness (QED) is 0.795. The molecule has 104 valence electrons. The first kappa shape index (κ1) is 13.1. The summed E-state index contributed by atoms with van der Waals surface area (Å²) in [5.41, 5.74) is 1.73. The summed E-state index contributed by atoms with van der Waals surface area (Å²) in [7, 11) is 0. The highest BCUT2D eigenvalue weighted by molar-refractivity contribution is 5.88. The Kier molecular flexibility index (Phi) is 3.23. The number of carboxylic acids is 1. The molecule has 0 unspecified atom stereocenters. The van der Waals surface area contributed by atoms with Gasteiger partial charge in [0.1, 0.15) is 5.75 Å². The van der Waals surface area contributed by atoms with E-state index in [9.17, 15) is 4.79 Å². The fourth-order valence-corrected chi connectivity index (χ4v) is 2.08. The minimum atomic E-state index is -0.958. The van der Waals surface area contributed by atoms with E-state index < -0.39 is 5.97 Å². The van der Waals surface area contributed by atoms with Crippen molar-refractivity contribution in [3.8, 4) is 11.5 Å². The lowest BCUT2D eigenvalue weighted by Gasteiger charge is -2.10. The third kappa shape index (κ3) is 2.53. The Bertz CT molecular complexity index is 825. The van der Waals surface area contributed by atoms with E-state index in [0.29, 0.717) is 11.5 Å². The van der Waals surface area contributed by atoms with Gasteiger partial charge in [-0.15, -0.1) is 0 Å². The molecule has 2 aromatic carbocycles. The van der Waals surface area contributed by atoms with Crippen molar-refractivity contribution in [2.24, 2.45) is 0 Å². The maximum atomic E-state index is 10.9. The molecule has 0 bridgehead atoms. The van der Waals surface area contributed by atoms with E-state index >= 15 is 0 Å². The smallest absolute Gasteiger partial charge is 0.335 e. The number of aromatic nitrogens is 2. The third-order valence-electron chi connectivity index (χ3n) is 3.15. The summed E-state index contributed by atoms with van der Waals surface area (Å²) in [6, 6.07) is 12.3. The predicted molar refractivity (Wildman–Crippen MR) is 77.8 cm³/mol. The van der Waals surface area contributed by atoms with Crippen LogP contribution in [0.25, 0.3) is 10.9 Å². The molecule has 0 radical (unpaired) electrons. The van der Waals surface area contributed by atoms with Crippen LogP contribution in [0.3, 0.4) is 0 Å². The lowest BCUT2D eigenvalue weighted by Crippen LogP contribution is -1.98. The zero-order valence-electron chi connectivity index (χ0n) is 11.3. The number of hydrogen-bond acceptors (Lipinski definition) is 4. The highest BCUT2D eigenvalue weighted by Gasteiger charge is 2.09. The molecular weight excluding hydrogens is 268 g/mol. The zero-order chi connectivity index (χ0) is 14.8. The second kappa shape index (κ2) is 5.20. The molecule has 1 N–H and O–H groups in total. The fourth-order valence-electron chi connectivity index (χ4n) is 2.08. The number of fused-ring (bicyclic) bond motifs is 1. The highest BCUT2D eigenvalue weighted by atomic mass is 16.5. The molecule has 0 aliphatic rings. The van der Waals surface area contributed by atoms with Crippen LogP contribution in [0.2, 0.25) is 0 Å². The SMILES string of the molecule is Cc1cc(C(=O)O)ccc1Oc1cnnc2ccccc12. The van der Waals surface area contributed by atoms with Crippen molar-refractivity contribution in [3.05, 3.63) is 59.8 Å². The normalized spacial score (nSPS) is 10.5. The molecule has 0 saturated carbocycles. The summed E-state index contributed by atoms with van der Waals surface area (Å²) in [5, 5.41) is 17.8.